The van der Waals surface area contributed by atoms with Gasteiger partial charge in [-0.1, -0.05) is 35.2 Å². The number of para-hydroxylation sites is 1. The summed E-state index contributed by atoms with van der Waals surface area (Å²) in [5, 5.41) is 3.19. The SMILES string of the molecule is COc1cc(=O)[nH]c(S[C@@H](C)C(=O)Nc2nc3ccccc3s2)n1. The summed E-state index contributed by atoms with van der Waals surface area (Å²) in [5.41, 5.74) is 0.514. The number of aromatic amines is 1. The summed E-state index contributed by atoms with van der Waals surface area (Å²) >= 11 is 2.55. The van der Waals surface area contributed by atoms with Gasteiger partial charge in [-0.3, -0.25) is 9.59 Å². The third-order valence-electron chi connectivity index (χ3n) is 3.09. The van der Waals surface area contributed by atoms with Gasteiger partial charge in [0.1, 0.15) is 0 Å². The molecule has 0 aliphatic rings. The van der Waals surface area contributed by atoms with Crippen LogP contribution in [0.2, 0.25) is 0 Å². The van der Waals surface area contributed by atoms with Gasteiger partial charge in [0.2, 0.25) is 11.8 Å². The second-order valence-corrected chi connectivity index (χ2v) is 7.19. The Balaban J connectivity index is 1.70. The number of amides is 1. The van der Waals surface area contributed by atoms with Crippen molar-refractivity contribution in [2.75, 3.05) is 12.4 Å². The number of nitrogens with zero attached hydrogens (tertiary/aromatic N) is 2. The van der Waals surface area contributed by atoms with Crippen LogP contribution in [0.25, 0.3) is 10.2 Å². The molecule has 1 atom stereocenters. The van der Waals surface area contributed by atoms with E-state index in [-0.39, 0.29) is 17.3 Å². The molecule has 0 bridgehead atoms. The Hall–Kier alpha value is -2.39. The molecule has 0 radical (unpaired) electrons. The first-order valence-corrected chi connectivity index (χ1v) is 8.73. The first-order valence-electron chi connectivity index (χ1n) is 7.03. The summed E-state index contributed by atoms with van der Waals surface area (Å²) in [4.78, 5) is 34.9. The zero-order chi connectivity index (χ0) is 17.1. The van der Waals surface area contributed by atoms with Crippen molar-refractivity contribution in [1.82, 2.24) is 15.0 Å². The summed E-state index contributed by atoms with van der Waals surface area (Å²) in [7, 11) is 1.43. The van der Waals surface area contributed by atoms with Gasteiger partial charge in [-0.05, 0) is 19.1 Å². The van der Waals surface area contributed by atoms with Gasteiger partial charge in [0.05, 0.1) is 28.6 Å². The first-order chi connectivity index (χ1) is 11.5. The molecular weight excluding hydrogens is 348 g/mol. The molecule has 3 rings (SSSR count). The van der Waals surface area contributed by atoms with E-state index in [9.17, 15) is 9.59 Å². The van der Waals surface area contributed by atoms with E-state index in [0.29, 0.717) is 10.3 Å². The highest BCUT2D eigenvalue weighted by molar-refractivity contribution is 8.00. The molecule has 9 heteroatoms. The largest absolute Gasteiger partial charge is 0.481 e. The lowest BCUT2D eigenvalue weighted by Crippen LogP contribution is -2.23. The van der Waals surface area contributed by atoms with Crippen molar-refractivity contribution in [2.24, 2.45) is 0 Å². The van der Waals surface area contributed by atoms with Gasteiger partial charge in [-0.2, -0.15) is 4.98 Å². The number of carbonyl (C=O) groups is 1. The molecule has 2 heterocycles. The van der Waals surface area contributed by atoms with Gasteiger partial charge in [-0.15, -0.1) is 0 Å². The van der Waals surface area contributed by atoms with E-state index in [1.807, 2.05) is 24.3 Å². The minimum Gasteiger partial charge on any atom is -0.481 e. The monoisotopic (exact) mass is 362 g/mol. The Bertz CT molecular complexity index is 905. The van der Waals surface area contributed by atoms with E-state index in [1.54, 1.807) is 6.92 Å². The number of carbonyl (C=O) groups excluding carboxylic acids is 1. The fraction of sp³-hybridized carbons (Fsp3) is 0.200. The van der Waals surface area contributed by atoms with Gasteiger partial charge >= 0.3 is 0 Å². The second kappa shape index (κ2) is 7.02. The molecule has 0 aliphatic heterocycles. The summed E-state index contributed by atoms with van der Waals surface area (Å²) in [6.45, 7) is 1.73. The highest BCUT2D eigenvalue weighted by Gasteiger charge is 2.18. The molecule has 1 aromatic carbocycles. The highest BCUT2D eigenvalue weighted by Crippen LogP contribution is 2.27. The van der Waals surface area contributed by atoms with Crippen LogP contribution in [0.4, 0.5) is 5.13 Å². The van der Waals surface area contributed by atoms with Gasteiger partial charge in [0, 0.05) is 0 Å². The molecule has 1 amide bonds. The number of ether oxygens (including phenoxy) is 1. The van der Waals surface area contributed by atoms with Crippen molar-refractivity contribution in [2.45, 2.75) is 17.3 Å². The van der Waals surface area contributed by atoms with Crippen molar-refractivity contribution in [3.8, 4) is 5.88 Å². The maximum absolute atomic E-state index is 12.3. The van der Waals surface area contributed by atoms with E-state index >= 15 is 0 Å². The number of nitrogens with one attached hydrogen (secondary N) is 2. The van der Waals surface area contributed by atoms with E-state index in [2.05, 4.69) is 20.3 Å². The van der Waals surface area contributed by atoms with Crippen molar-refractivity contribution in [3.63, 3.8) is 0 Å². The summed E-state index contributed by atoms with van der Waals surface area (Å²) in [6.07, 6.45) is 0. The number of methoxy groups -OCH3 is 1. The fourth-order valence-corrected chi connectivity index (χ4v) is 3.60. The number of aromatic nitrogens is 3. The standard InChI is InChI=1S/C15H14N4O3S2/c1-8(23-15-17-11(20)7-12(18-15)22-2)13(21)19-14-16-9-5-3-4-6-10(9)24-14/h3-8H,1-2H3,(H,16,19,21)(H,17,18,20)/t8-/m0/s1. The average Bonchev–Trinajstić information content (AvgIpc) is 2.96. The molecule has 2 N–H and O–H groups in total. The van der Waals surface area contributed by atoms with Crippen LogP contribution in [0, 0.1) is 0 Å². The van der Waals surface area contributed by atoms with Crippen LogP contribution in [0.5, 0.6) is 5.88 Å². The lowest BCUT2D eigenvalue weighted by atomic mass is 10.3. The van der Waals surface area contributed by atoms with Crippen LogP contribution < -0.4 is 15.6 Å². The number of thiazole rings is 1. The highest BCUT2D eigenvalue weighted by atomic mass is 32.2. The normalized spacial score (nSPS) is 12.1. The molecular formula is C15H14N4O3S2. The fourth-order valence-electron chi connectivity index (χ4n) is 1.93. The minimum absolute atomic E-state index is 0.208. The molecule has 124 valence electrons. The first kappa shape index (κ1) is 16.5. The molecule has 0 aliphatic carbocycles. The number of fused-ring (bicyclic) bond motifs is 1. The number of hydrogen-bond acceptors (Lipinski definition) is 7. The molecule has 0 spiro atoms. The molecule has 0 saturated heterocycles. The number of hydrogen-bond donors (Lipinski definition) is 2. The predicted octanol–water partition coefficient (Wildman–Crippen LogP) is 2.51. The lowest BCUT2D eigenvalue weighted by molar-refractivity contribution is -0.115. The molecule has 0 unspecified atom stereocenters. The second-order valence-electron chi connectivity index (χ2n) is 4.83. The van der Waals surface area contributed by atoms with Crippen molar-refractivity contribution < 1.29 is 9.53 Å². The topological polar surface area (TPSA) is 97.0 Å². The van der Waals surface area contributed by atoms with Gasteiger partial charge in [0.25, 0.3) is 5.56 Å². The Morgan fingerprint density at radius 2 is 2.17 bits per heavy atom. The zero-order valence-electron chi connectivity index (χ0n) is 12.9. The number of benzene rings is 1. The third kappa shape index (κ3) is 3.74. The average molecular weight is 362 g/mol. The number of anilines is 1. The molecule has 24 heavy (non-hydrogen) atoms. The van der Waals surface area contributed by atoms with Gasteiger partial charge in [0.15, 0.2) is 10.3 Å². The van der Waals surface area contributed by atoms with E-state index in [1.165, 1.54) is 24.5 Å². The van der Waals surface area contributed by atoms with Crippen molar-refractivity contribution in [3.05, 3.63) is 40.7 Å². The van der Waals surface area contributed by atoms with Crippen LogP contribution in [0.15, 0.2) is 40.3 Å². The van der Waals surface area contributed by atoms with Crippen LogP contribution in [-0.4, -0.2) is 33.2 Å². The third-order valence-corrected chi connectivity index (χ3v) is 5.02. The smallest absolute Gasteiger partial charge is 0.255 e. The lowest BCUT2D eigenvalue weighted by Gasteiger charge is -2.10. The number of H-pyrrole nitrogens is 1. The van der Waals surface area contributed by atoms with Crippen LogP contribution >= 0.6 is 23.1 Å². The van der Waals surface area contributed by atoms with Gasteiger partial charge < -0.3 is 15.0 Å². The van der Waals surface area contributed by atoms with E-state index < -0.39 is 5.25 Å². The predicted molar refractivity (Wildman–Crippen MR) is 95.0 cm³/mol. The van der Waals surface area contributed by atoms with Crippen LogP contribution in [0.1, 0.15) is 6.92 Å². The Morgan fingerprint density at radius 1 is 1.38 bits per heavy atom. The van der Waals surface area contributed by atoms with Gasteiger partial charge in [-0.25, -0.2) is 4.98 Å². The molecule has 7 nitrogen and oxygen atoms in total. The summed E-state index contributed by atoms with van der Waals surface area (Å²) in [5.74, 6) is -0.00967. The quantitative estimate of drug-likeness (QED) is 0.535. The zero-order valence-corrected chi connectivity index (χ0v) is 14.5. The Kier molecular flexibility index (Phi) is 4.81. The maximum Gasteiger partial charge on any atom is 0.255 e. The van der Waals surface area contributed by atoms with Crippen LogP contribution in [-0.2, 0) is 4.79 Å². The maximum atomic E-state index is 12.3. The molecule has 3 aromatic rings. The molecule has 0 saturated carbocycles. The van der Waals surface area contributed by atoms with Crippen molar-refractivity contribution in [1.29, 1.82) is 0 Å². The molecule has 0 fully saturated rings. The number of rotatable bonds is 5. The Morgan fingerprint density at radius 3 is 2.92 bits per heavy atom. The minimum atomic E-state index is -0.465. The summed E-state index contributed by atoms with van der Waals surface area (Å²) < 4.78 is 5.96. The van der Waals surface area contributed by atoms with Crippen molar-refractivity contribution >= 4 is 44.4 Å². The molecule has 2 aromatic heterocycles. The van der Waals surface area contributed by atoms with Crippen LogP contribution in [0.3, 0.4) is 0 Å². The number of thioether (sulfide) groups is 1. The van der Waals surface area contributed by atoms with E-state index in [4.69, 9.17) is 4.74 Å². The summed E-state index contributed by atoms with van der Waals surface area (Å²) in [6, 6.07) is 8.92. The Labute approximate surface area is 145 Å². The van der Waals surface area contributed by atoms with E-state index in [0.717, 1.165) is 22.0 Å².